The third-order valence-electron chi connectivity index (χ3n) is 4.17. The summed E-state index contributed by atoms with van der Waals surface area (Å²) in [6.45, 7) is 1.11. The number of amides is 1. The Morgan fingerprint density at radius 3 is 2.62 bits per heavy atom. The molecule has 1 fully saturated rings. The molecule has 1 aliphatic heterocycles. The molecule has 3 heteroatoms. The summed E-state index contributed by atoms with van der Waals surface area (Å²) in [5.41, 5.74) is 2.89. The quantitative estimate of drug-likeness (QED) is 0.840. The number of benzene rings is 2. The molecule has 1 heterocycles. The van der Waals surface area contributed by atoms with Crippen LogP contribution in [0.3, 0.4) is 0 Å². The number of anilines is 1. The van der Waals surface area contributed by atoms with E-state index >= 15 is 0 Å². The van der Waals surface area contributed by atoms with Crippen molar-refractivity contribution in [1.29, 1.82) is 0 Å². The molecule has 0 atom stereocenters. The summed E-state index contributed by atoms with van der Waals surface area (Å²) in [7, 11) is 0. The van der Waals surface area contributed by atoms with Crippen molar-refractivity contribution in [1.82, 2.24) is 0 Å². The van der Waals surface area contributed by atoms with E-state index in [1.807, 2.05) is 36.4 Å². The van der Waals surface area contributed by atoms with E-state index in [0.717, 1.165) is 11.4 Å². The van der Waals surface area contributed by atoms with Gasteiger partial charge in [-0.15, -0.1) is 0 Å². The Kier molecular flexibility index (Phi) is 2.92. The van der Waals surface area contributed by atoms with Crippen molar-refractivity contribution < 1.29 is 9.53 Å². The standard InChI is InChI=1S/C18H17NO2/c20-18-16-9-8-14(13-6-7-13)12-17(16)21-11-10-19(18)15-4-2-1-3-5-15/h1-5,8-9,12-13H,6-7,10-11H2. The molecule has 0 bridgehead atoms. The van der Waals surface area contributed by atoms with E-state index in [1.165, 1.54) is 18.4 Å². The van der Waals surface area contributed by atoms with Crippen molar-refractivity contribution in [2.75, 3.05) is 18.1 Å². The molecule has 2 aromatic rings. The Bertz CT molecular complexity index is 677. The van der Waals surface area contributed by atoms with E-state index in [1.54, 1.807) is 4.90 Å². The van der Waals surface area contributed by atoms with Crippen molar-refractivity contribution in [3.8, 4) is 5.75 Å². The van der Waals surface area contributed by atoms with Gasteiger partial charge in [0.1, 0.15) is 12.4 Å². The first kappa shape index (κ1) is 12.5. The summed E-state index contributed by atoms with van der Waals surface area (Å²) < 4.78 is 5.83. The molecule has 4 rings (SSSR count). The second-order valence-corrected chi connectivity index (χ2v) is 5.67. The highest BCUT2D eigenvalue weighted by Gasteiger charge is 2.28. The zero-order valence-electron chi connectivity index (χ0n) is 11.8. The lowest BCUT2D eigenvalue weighted by Gasteiger charge is -2.19. The van der Waals surface area contributed by atoms with Gasteiger partial charge in [0, 0.05) is 5.69 Å². The van der Waals surface area contributed by atoms with Crippen molar-refractivity contribution in [2.24, 2.45) is 0 Å². The molecule has 1 aliphatic carbocycles. The average Bonchev–Trinajstić information content (AvgIpc) is 3.36. The lowest BCUT2D eigenvalue weighted by atomic mass is 10.1. The van der Waals surface area contributed by atoms with Crippen LogP contribution in [0.25, 0.3) is 0 Å². The molecule has 0 N–H and O–H groups in total. The maximum absolute atomic E-state index is 12.8. The van der Waals surface area contributed by atoms with Crippen molar-refractivity contribution in [3.05, 3.63) is 59.7 Å². The largest absolute Gasteiger partial charge is 0.491 e. The fourth-order valence-electron chi connectivity index (χ4n) is 2.85. The van der Waals surface area contributed by atoms with Crippen LogP contribution in [0.2, 0.25) is 0 Å². The molecule has 3 nitrogen and oxygen atoms in total. The molecule has 1 amide bonds. The Hall–Kier alpha value is -2.29. The predicted octanol–water partition coefficient (Wildman–Crippen LogP) is 3.60. The highest BCUT2D eigenvalue weighted by Crippen LogP contribution is 2.42. The smallest absolute Gasteiger partial charge is 0.262 e. The van der Waals surface area contributed by atoms with Crippen LogP contribution in [0.1, 0.15) is 34.7 Å². The van der Waals surface area contributed by atoms with Crippen LogP contribution < -0.4 is 9.64 Å². The minimum atomic E-state index is 0.0241. The highest BCUT2D eigenvalue weighted by atomic mass is 16.5. The summed E-state index contributed by atoms with van der Waals surface area (Å²) in [5.74, 6) is 1.43. The van der Waals surface area contributed by atoms with Gasteiger partial charge < -0.3 is 9.64 Å². The van der Waals surface area contributed by atoms with Crippen LogP contribution in [0, 0.1) is 0 Å². The molecule has 0 radical (unpaired) electrons. The SMILES string of the molecule is O=C1c2ccc(C3CC3)cc2OCCN1c1ccccc1. The molecule has 0 saturated heterocycles. The number of hydrogen-bond donors (Lipinski definition) is 0. The number of nitrogens with zero attached hydrogens (tertiary/aromatic N) is 1. The Labute approximate surface area is 124 Å². The van der Waals surface area contributed by atoms with E-state index < -0.39 is 0 Å². The molecule has 0 aromatic heterocycles. The Morgan fingerprint density at radius 2 is 1.86 bits per heavy atom. The van der Waals surface area contributed by atoms with Crippen LogP contribution in [-0.4, -0.2) is 19.1 Å². The van der Waals surface area contributed by atoms with Gasteiger partial charge in [-0.25, -0.2) is 0 Å². The molecule has 0 spiro atoms. The van der Waals surface area contributed by atoms with Crippen LogP contribution >= 0.6 is 0 Å². The molecule has 0 unspecified atom stereocenters. The van der Waals surface area contributed by atoms with Gasteiger partial charge in [0.05, 0.1) is 12.1 Å². The first-order valence-electron chi connectivity index (χ1n) is 7.46. The second-order valence-electron chi connectivity index (χ2n) is 5.67. The van der Waals surface area contributed by atoms with E-state index in [9.17, 15) is 4.79 Å². The molecule has 2 aromatic carbocycles. The summed E-state index contributed by atoms with van der Waals surface area (Å²) in [6, 6.07) is 15.8. The molecule has 1 saturated carbocycles. The summed E-state index contributed by atoms with van der Waals surface area (Å²) in [5, 5.41) is 0. The monoisotopic (exact) mass is 279 g/mol. The van der Waals surface area contributed by atoms with Gasteiger partial charge >= 0.3 is 0 Å². The summed E-state index contributed by atoms with van der Waals surface area (Å²) in [6.07, 6.45) is 2.51. The minimum absolute atomic E-state index is 0.0241. The third kappa shape index (κ3) is 2.29. The van der Waals surface area contributed by atoms with Crippen LogP contribution in [-0.2, 0) is 0 Å². The maximum Gasteiger partial charge on any atom is 0.262 e. The van der Waals surface area contributed by atoms with Gasteiger partial charge in [-0.05, 0) is 48.6 Å². The minimum Gasteiger partial charge on any atom is -0.491 e. The zero-order valence-corrected chi connectivity index (χ0v) is 11.8. The van der Waals surface area contributed by atoms with E-state index in [-0.39, 0.29) is 5.91 Å². The molecular formula is C18H17NO2. The van der Waals surface area contributed by atoms with Crippen LogP contribution in [0.4, 0.5) is 5.69 Å². The number of carbonyl (C=O) groups excluding carboxylic acids is 1. The third-order valence-corrected chi connectivity index (χ3v) is 4.17. The number of para-hydroxylation sites is 1. The number of fused-ring (bicyclic) bond motifs is 1. The van der Waals surface area contributed by atoms with E-state index in [0.29, 0.717) is 24.6 Å². The lowest BCUT2D eigenvalue weighted by Crippen LogP contribution is -2.32. The Morgan fingerprint density at radius 1 is 1.05 bits per heavy atom. The van der Waals surface area contributed by atoms with Gasteiger partial charge in [0.2, 0.25) is 0 Å². The van der Waals surface area contributed by atoms with Gasteiger partial charge in [-0.1, -0.05) is 24.3 Å². The number of hydrogen-bond acceptors (Lipinski definition) is 2. The van der Waals surface area contributed by atoms with Gasteiger partial charge in [0.25, 0.3) is 5.91 Å². The van der Waals surface area contributed by atoms with Gasteiger partial charge in [0.15, 0.2) is 0 Å². The fourth-order valence-corrected chi connectivity index (χ4v) is 2.85. The maximum atomic E-state index is 12.8. The second kappa shape index (κ2) is 4.92. The number of rotatable bonds is 2. The zero-order chi connectivity index (χ0) is 14.2. The highest BCUT2D eigenvalue weighted by molar-refractivity contribution is 6.08. The number of carbonyl (C=O) groups is 1. The topological polar surface area (TPSA) is 29.5 Å². The van der Waals surface area contributed by atoms with Crippen molar-refractivity contribution in [2.45, 2.75) is 18.8 Å². The number of ether oxygens (including phenoxy) is 1. The molecule has 106 valence electrons. The summed E-state index contributed by atoms with van der Waals surface area (Å²) in [4.78, 5) is 14.6. The van der Waals surface area contributed by atoms with Gasteiger partial charge in [-0.2, -0.15) is 0 Å². The van der Waals surface area contributed by atoms with Crippen LogP contribution in [0.15, 0.2) is 48.5 Å². The molecule has 2 aliphatic rings. The lowest BCUT2D eigenvalue weighted by molar-refractivity contribution is 0.0990. The summed E-state index contributed by atoms with van der Waals surface area (Å²) >= 11 is 0. The van der Waals surface area contributed by atoms with Gasteiger partial charge in [-0.3, -0.25) is 4.79 Å². The fraction of sp³-hybridized carbons (Fsp3) is 0.278. The van der Waals surface area contributed by atoms with Crippen molar-refractivity contribution >= 4 is 11.6 Å². The van der Waals surface area contributed by atoms with E-state index in [2.05, 4.69) is 12.1 Å². The average molecular weight is 279 g/mol. The van der Waals surface area contributed by atoms with Crippen molar-refractivity contribution in [3.63, 3.8) is 0 Å². The first-order chi connectivity index (χ1) is 10.3. The Balaban J connectivity index is 1.71. The van der Waals surface area contributed by atoms with Crippen LogP contribution in [0.5, 0.6) is 5.75 Å². The van der Waals surface area contributed by atoms with E-state index in [4.69, 9.17) is 4.74 Å². The molecular weight excluding hydrogens is 262 g/mol. The molecule has 21 heavy (non-hydrogen) atoms. The predicted molar refractivity (Wildman–Crippen MR) is 82.0 cm³/mol. The first-order valence-corrected chi connectivity index (χ1v) is 7.46. The normalized spacial score (nSPS) is 17.9.